The molecule has 0 bridgehead atoms. The van der Waals surface area contributed by atoms with Crippen molar-refractivity contribution in [2.45, 2.75) is 44.7 Å². The van der Waals surface area contributed by atoms with Crippen molar-refractivity contribution in [3.05, 3.63) is 0 Å². The minimum atomic E-state index is -3.63. The van der Waals surface area contributed by atoms with Crippen LogP contribution in [0.2, 0.25) is 0 Å². The van der Waals surface area contributed by atoms with E-state index in [1.54, 1.807) is 6.92 Å². The SMILES string of the molecule is CCOC(=O)C1CCCN1S(=O)(=O)NC1CCCNC1. The predicted octanol–water partition coefficient (Wildman–Crippen LogP) is -0.400. The maximum absolute atomic E-state index is 12.4. The Morgan fingerprint density at radius 2 is 2.20 bits per heavy atom. The van der Waals surface area contributed by atoms with E-state index in [4.69, 9.17) is 4.74 Å². The summed E-state index contributed by atoms with van der Waals surface area (Å²) < 4.78 is 33.7. The highest BCUT2D eigenvalue weighted by Crippen LogP contribution is 2.22. The number of ether oxygens (including phenoxy) is 1. The normalized spacial score (nSPS) is 28.4. The summed E-state index contributed by atoms with van der Waals surface area (Å²) in [6.07, 6.45) is 2.99. The van der Waals surface area contributed by atoms with Gasteiger partial charge in [-0.05, 0) is 39.2 Å². The molecule has 0 aromatic carbocycles. The highest BCUT2D eigenvalue weighted by molar-refractivity contribution is 7.87. The van der Waals surface area contributed by atoms with E-state index in [0.717, 1.165) is 19.4 Å². The second kappa shape index (κ2) is 6.84. The fourth-order valence-electron chi connectivity index (χ4n) is 2.73. The zero-order valence-electron chi connectivity index (χ0n) is 11.8. The van der Waals surface area contributed by atoms with Gasteiger partial charge in [0.05, 0.1) is 6.61 Å². The summed E-state index contributed by atoms with van der Waals surface area (Å²) in [5.41, 5.74) is 0. The van der Waals surface area contributed by atoms with Crippen LogP contribution in [0, 0.1) is 0 Å². The molecule has 7 nitrogen and oxygen atoms in total. The number of esters is 1. The average molecular weight is 305 g/mol. The van der Waals surface area contributed by atoms with Crippen LogP contribution in [0.15, 0.2) is 0 Å². The number of rotatable bonds is 5. The van der Waals surface area contributed by atoms with E-state index >= 15 is 0 Å². The van der Waals surface area contributed by atoms with Crippen molar-refractivity contribution in [2.24, 2.45) is 0 Å². The minimum absolute atomic E-state index is 0.0998. The largest absolute Gasteiger partial charge is 0.465 e. The van der Waals surface area contributed by atoms with Gasteiger partial charge in [-0.15, -0.1) is 0 Å². The van der Waals surface area contributed by atoms with Gasteiger partial charge in [-0.25, -0.2) is 0 Å². The van der Waals surface area contributed by atoms with E-state index in [1.807, 2.05) is 0 Å². The first-order valence-corrected chi connectivity index (χ1v) is 8.65. The van der Waals surface area contributed by atoms with Gasteiger partial charge in [-0.3, -0.25) is 4.79 Å². The van der Waals surface area contributed by atoms with Gasteiger partial charge in [-0.2, -0.15) is 17.4 Å². The third kappa shape index (κ3) is 3.69. The van der Waals surface area contributed by atoms with Crippen LogP contribution in [0.4, 0.5) is 0 Å². The molecule has 0 radical (unpaired) electrons. The number of piperidine rings is 1. The second-order valence-electron chi connectivity index (χ2n) is 5.19. The molecule has 2 unspecified atom stereocenters. The number of nitrogens with zero attached hydrogens (tertiary/aromatic N) is 1. The molecule has 2 N–H and O–H groups in total. The van der Waals surface area contributed by atoms with Crippen LogP contribution in [0.25, 0.3) is 0 Å². The van der Waals surface area contributed by atoms with Crippen LogP contribution in [0.3, 0.4) is 0 Å². The van der Waals surface area contributed by atoms with Crippen molar-refractivity contribution in [1.29, 1.82) is 0 Å². The van der Waals surface area contributed by atoms with Gasteiger partial charge in [-0.1, -0.05) is 0 Å². The summed E-state index contributed by atoms with van der Waals surface area (Å²) >= 11 is 0. The molecule has 0 amide bonds. The van der Waals surface area contributed by atoms with Gasteiger partial charge in [0, 0.05) is 19.1 Å². The fourth-order valence-corrected chi connectivity index (χ4v) is 4.39. The molecule has 2 heterocycles. The highest BCUT2D eigenvalue weighted by Gasteiger charge is 2.40. The molecule has 0 saturated carbocycles. The molecular formula is C12H23N3O4S. The number of carbonyl (C=O) groups is 1. The average Bonchev–Trinajstić information content (AvgIpc) is 2.90. The van der Waals surface area contributed by atoms with Crippen molar-refractivity contribution in [2.75, 3.05) is 26.2 Å². The Hall–Kier alpha value is -0.700. The first-order valence-electron chi connectivity index (χ1n) is 7.21. The molecule has 2 rings (SSSR count). The summed E-state index contributed by atoms with van der Waals surface area (Å²) in [5, 5.41) is 3.17. The molecule has 116 valence electrons. The number of hydrogen-bond donors (Lipinski definition) is 2. The molecule has 2 atom stereocenters. The summed E-state index contributed by atoms with van der Waals surface area (Å²) in [5.74, 6) is -0.447. The van der Waals surface area contributed by atoms with Crippen LogP contribution in [-0.2, 0) is 19.7 Å². The van der Waals surface area contributed by atoms with Crippen molar-refractivity contribution >= 4 is 16.2 Å². The van der Waals surface area contributed by atoms with Crippen molar-refractivity contribution in [1.82, 2.24) is 14.3 Å². The minimum Gasteiger partial charge on any atom is -0.465 e. The fraction of sp³-hybridized carbons (Fsp3) is 0.917. The van der Waals surface area contributed by atoms with Crippen molar-refractivity contribution < 1.29 is 17.9 Å². The second-order valence-corrected chi connectivity index (χ2v) is 6.84. The highest BCUT2D eigenvalue weighted by atomic mass is 32.2. The van der Waals surface area contributed by atoms with Crippen LogP contribution < -0.4 is 10.0 Å². The Kier molecular flexibility index (Phi) is 5.36. The molecular weight excluding hydrogens is 282 g/mol. The smallest absolute Gasteiger partial charge is 0.324 e. The molecule has 2 aliphatic rings. The summed E-state index contributed by atoms with van der Waals surface area (Å²) in [4.78, 5) is 11.8. The molecule has 2 saturated heterocycles. The van der Waals surface area contributed by atoms with Crippen LogP contribution in [0.1, 0.15) is 32.6 Å². The lowest BCUT2D eigenvalue weighted by Crippen LogP contribution is -2.53. The van der Waals surface area contributed by atoms with E-state index < -0.39 is 22.2 Å². The molecule has 0 spiro atoms. The summed E-state index contributed by atoms with van der Waals surface area (Å²) in [6.45, 7) is 3.92. The van der Waals surface area contributed by atoms with Crippen LogP contribution in [-0.4, -0.2) is 57.0 Å². The molecule has 0 aromatic rings. The maximum atomic E-state index is 12.4. The third-order valence-electron chi connectivity index (χ3n) is 3.68. The lowest BCUT2D eigenvalue weighted by molar-refractivity contribution is -0.146. The number of nitrogens with one attached hydrogen (secondary N) is 2. The van der Waals surface area contributed by atoms with Crippen molar-refractivity contribution in [3.63, 3.8) is 0 Å². The van der Waals surface area contributed by atoms with E-state index in [0.29, 0.717) is 25.9 Å². The van der Waals surface area contributed by atoms with Crippen LogP contribution in [0.5, 0.6) is 0 Å². The van der Waals surface area contributed by atoms with E-state index in [9.17, 15) is 13.2 Å². The monoisotopic (exact) mass is 305 g/mol. The number of carbonyl (C=O) groups excluding carboxylic acids is 1. The van der Waals surface area contributed by atoms with Gasteiger partial charge in [0.2, 0.25) is 0 Å². The van der Waals surface area contributed by atoms with E-state index in [1.165, 1.54) is 4.31 Å². The van der Waals surface area contributed by atoms with Gasteiger partial charge in [0.25, 0.3) is 10.2 Å². The zero-order valence-corrected chi connectivity index (χ0v) is 12.6. The molecule has 0 aromatic heterocycles. The first kappa shape index (κ1) is 15.7. The third-order valence-corrected chi connectivity index (χ3v) is 5.37. The summed E-state index contributed by atoms with van der Waals surface area (Å²) in [6, 6.07) is -0.777. The molecule has 8 heteroatoms. The van der Waals surface area contributed by atoms with Gasteiger partial charge in [0.1, 0.15) is 6.04 Å². The molecule has 20 heavy (non-hydrogen) atoms. The Bertz CT molecular complexity index is 434. The van der Waals surface area contributed by atoms with E-state index in [-0.39, 0.29) is 12.6 Å². The lowest BCUT2D eigenvalue weighted by atomic mass is 10.1. The predicted molar refractivity (Wildman–Crippen MR) is 74.3 cm³/mol. The molecule has 2 aliphatic heterocycles. The Balaban J connectivity index is 2.01. The number of hydrogen-bond acceptors (Lipinski definition) is 5. The van der Waals surface area contributed by atoms with Gasteiger partial charge < -0.3 is 10.1 Å². The van der Waals surface area contributed by atoms with E-state index in [2.05, 4.69) is 10.0 Å². The van der Waals surface area contributed by atoms with Gasteiger partial charge >= 0.3 is 5.97 Å². The molecule has 0 aliphatic carbocycles. The van der Waals surface area contributed by atoms with Gasteiger partial charge in [0.15, 0.2) is 0 Å². The Labute approximate surface area is 120 Å². The molecule has 2 fully saturated rings. The standard InChI is InChI=1S/C12H23N3O4S/c1-2-19-12(16)11-6-4-8-15(11)20(17,18)14-10-5-3-7-13-9-10/h10-11,13-14H,2-9H2,1H3. The Morgan fingerprint density at radius 1 is 1.40 bits per heavy atom. The maximum Gasteiger partial charge on any atom is 0.324 e. The summed E-state index contributed by atoms with van der Waals surface area (Å²) in [7, 11) is -3.63. The Morgan fingerprint density at radius 3 is 2.85 bits per heavy atom. The van der Waals surface area contributed by atoms with Crippen molar-refractivity contribution in [3.8, 4) is 0 Å². The quantitative estimate of drug-likeness (QED) is 0.675. The lowest BCUT2D eigenvalue weighted by Gasteiger charge is -2.28. The van der Waals surface area contributed by atoms with Crippen LogP contribution >= 0.6 is 0 Å². The first-order chi connectivity index (χ1) is 9.54. The zero-order chi connectivity index (χ0) is 14.6. The topological polar surface area (TPSA) is 87.7 Å².